The van der Waals surface area contributed by atoms with Crippen molar-refractivity contribution >= 4 is 11.0 Å². The molecule has 0 amide bonds. The molecule has 0 aliphatic carbocycles. The highest BCUT2D eigenvalue weighted by Gasteiger charge is 1.92. The van der Waals surface area contributed by atoms with E-state index in [1.54, 1.807) is 6.20 Å². The van der Waals surface area contributed by atoms with E-state index in [0.29, 0.717) is 0 Å². The molecule has 0 aromatic carbocycles. The average Bonchev–Trinajstić information content (AvgIpc) is 2.04. The van der Waals surface area contributed by atoms with Gasteiger partial charge >= 0.3 is 0 Å². The molecule has 0 fully saturated rings. The maximum atomic E-state index is 4.21. The lowest BCUT2D eigenvalue weighted by molar-refractivity contribution is 1.20. The van der Waals surface area contributed by atoms with Gasteiger partial charge in [-0.2, -0.15) is 0 Å². The maximum absolute atomic E-state index is 4.21. The summed E-state index contributed by atoms with van der Waals surface area (Å²) in [5.74, 6) is 0. The third kappa shape index (κ3) is 1.07. The zero-order valence-corrected chi connectivity index (χ0v) is 6.20. The van der Waals surface area contributed by atoms with Crippen LogP contribution in [-0.4, -0.2) is 9.97 Å². The topological polar surface area (TPSA) is 25.8 Å². The summed E-state index contributed by atoms with van der Waals surface area (Å²) in [7, 11) is 0. The summed E-state index contributed by atoms with van der Waals surface area (Å²) in [5.41, 5.74) is 1.68. The number of nitrogens with zero attached hydrogens (tertiary/aromatic N) is 2. The Kier molecular flexibility index (Phi) is 1.32. The predicted octanol–water partition coefficient (Wildman–Crippen LogP) is 1.74. The van der Waals surface area contributed by atoms with E-state index in [9.17, 15) is 0 Å². The van der Waals surface area contributed by atoms with Crippen LogP contribution < -0.4 is 0 Å². The van der Waals surface area contributed by atoms with Crippen LogP contribution >= 0.6 is 0 Å². The summed E-state index contributed by atoms with van der Waals surface area (Å²) >= 11 is 0. The smallest absolute Gasteiger partial charge is 0.159 e. The SMILES string of the molecule is Cc1[c]cc2cccnc2n1. The molecule has 0 bridgehead atoms. The summed E-state index contributed by atoms with van der Waals surface area (Å²) < 4.78 is 0. The summed E-state index contributed by atoms with van der Waals surface area (Å²) in [6.45, 7) is 1.91. The average molecular weight is 143 g/mol. The molecule has 2 nitrogen and oxygen atoms in total. The van der Waals surface area contributed by atoms with Crippen molar-refractivity contribution in [3.05, 3.63) is 36.2 Å². The van der Waals surface area contributed by atoms with E-state index in [1.807, 2.05) is 25.1 Å². The van der Waals surface area contributed by atoms with Crippen LogP contribution in [-0.2, 0) is 0 Å². The molecule has 0 atom stereocenters. The molecule has 2 rings (SSSR count). The first-order valence-corrected chi connectivity index (χ1v) is 3.46. The first-order valence-electron chi connectivity index (χ1n) is 3.46. The Hall–Kier alpha value is -1.44. The monoisotopic (exact) mass is 143 g/mol. The van der Waals surface area contributed by atoms with Gasteiger partial charge in [0, 0.05) is 23.3 Å². The molecule has 0 unspecified atom stereocenters. The van der Waals surface area contributed by atoms with Crippen molar-refractivity contribution in [2.45, 2.75) is 6.92 Å². The van der Waals surface area contributed by atoms with Crippen molar-refractivity contribution in [1.82, 2.24) is 9.97 Å². The number of pyridine rings is 2. The lowest BCUT2D eigenvalue weighted by Crippen LogP contribution is -1.84. The zero-order chi connectivity index (χ0) is 7.68. The van der Waals surface area contributed by atoms with E-state index >= 15 is 0 Å². The Balaban J connectivity index is 2.83. The fraction of sp³-hybridized carbons (Fsp3) is 0.111. The van der Waals surface area contributed by atoms with Gasteiger partial charge in [-0.05, 0) is 25.1 Å². The van der Waals surface area contributed by atoms with E-state index in [2.05, 4.69) is 16.0 Å². The quantitative estimate of drug-likeness (QED) is 0.561. The summed E-state index contributed by atoms with van der Waals surface area (Å²) in [6.07, 6.45) is 1.74. The minimum atomic E-state index is 0.795. The van der Waals surface area contributed by atoms with Gasteiger partial charge in [0.25, 0.3) is 0 Å². The number of hydrogen-bond acceptors (Lipinski definition) is 2. The van der Waals surface area contributed by atoms with Crippen molar-refractivity contribution in [1.29, 1.82) is 0 Å². The fourth-order valence-electron chi connectivity index (χ4n) is 0.989. The molecule has 0 saturated carbocycles. The highest BCUT2D eigenvalue weighted by Crippen LogP contribution is 2.07. The van der Waals surface area contributed by atoms with Crippen molar-refractivity contribution in [2.24, 2.45) is 0 Å². The van der Waals surface area contributed by atoms with Crippen molar-refractivity contribution < 1.29 is 0 Å². The first kappa shape index (κ1) is 6.28. The van der Waals surface area contributed by atoms with Gasteiger partial charge in [-0.3, -0.25) is 0 Å². The molecule has 0 N–H and O–H groups in total. The maximum Gasteiger partial charge on any atom is 0.159 e. The van der Waals surface area contributed by atoms with Crippen LogP contribution in [0.25, 0.3) is 11.0 Å². The molecule has 0 aliphatic heterocycles. The first-order chi connectivity index (χ1) is 5.36. The van der Waals surface area contributed by atoms with E-state index in [-0.39, 0.29) is 0 Å². The molecule has 2 heterocycles. The molecule has 2 aromatic heterocycles. The Bertz CT molecular complexity index is 382. The van der Waals surface area contributed by atoms with E-state index in [4.69, 9.17) is 0 Å². The second-order valence-corrected chi connectivity index (χ2v) is 2.40. The third-order valence-electron chi connectivity index (χ3n) is 1.53. The minimum Gasteiger partial charge on any atom is -0.237 e. The standard InChI is InChI=1S/C9H7N2/c1-7-4-5-8-3-2-6-10-9(8)11-7/h2-3,5-6H,1H3. The summed E-state index contributed by atoms with van der Waals surface area (Å²) in [5, 5.41) is 1.04. The number of fused-ring (bicyclic) bond motifs is 1. The number of aromatic nitrogens is 2. The number of hydrogen-bond donors (Lipinski definition) is 0. The molecular formula is C9H7N2. The largest absolute Gasteiger partial charge is 0.237 e. The molecule has 1 radical (unpaired) electrons. The van der Waals surface area contributed by atoms with Gasteiger partial charge in [0.2, 0.25) is 0 Å². The van der Waals surface area contributed by atoms with Gasteiger partial charge in [-0.15, -0.1) is 0 Å². The zero-order valence-electron chi connectivity index (χ0n) is 6.20. The molecule has 2 aromatic rings. The van der Waals surface area contributed by atoms with Crippen LogP contribution in [0.4, 0.5) is 0 Å². The van der Waals surface area contributed by atoms with Gasteiger partial charge < -0.3 is 0 Å². The second kappa shape index (κ2) is 2.31. The lowest BCUT2D eigenvalue weighted by Gasteiger charge is -1.94. The van der Waals surface area contributed by atoms with Crippen molar-refractivity contribution in [2.75, 3.05) is 0 Å². The fourth-order valence-corrected chi connectivity index (χ4v) is 0.989. The predicted molar refractivity (Wildman–Crippen MR) is 43.1 cm³/mol. The van der Waals surface area contributed by atoms with Gasteiger partial charge in [-0.1, -0.05) is 0 Å². The van der Waals surface area contributed by atoms with Crippen molar-refractivity contribution in [3.63, 3.8) is 0 Å². The van der Waals surface area contributed by atoms with Crippen LogP contribution in [0.3, 0.4) is 0 Å². The minimum absolute atomic E-state index is 0.795. The number of aryl methyl sites for hydroxylation is 1. The molecule has 53 valence electrons. The van der Waals surface area contributed by atoms with E-state index in [0.717, 1.165) is 16.7 Å². The van der Waals surface area contributed by atoms with Crippen LogP contribution in [0.2, 0.25) is 0 Å². The van der Waals surface area contributed by atoms with Crippen molar-refractivity contribution in [3.8, 4) is 0 Å². The van der Waals surface area contributed by atoms with Gasteiger partial charge in [0.05, 0.1) is 0 Å². The Morgan fingerprint density at radius 2 is 2.36 bits per heavy atom. The third-order valence-corrected chi connectivity index (χ3v) is 1.53. The lowest BCUT2D eigenvalue weighted by atomic mass is 10.3. The highest BCUT2D eigenvalue weighted by atomic mass is 14.8. The highest BCUT2D eigenvalue weighted by molar-refractivity contribution is 5.73. The second-order valence-electron chi connectivity index (χ2n) is 2.40. The van der Waals surface area contributed by atoms with Crippen LogP contribution in [0, 0.1) is 13.0 Å². The van der Waals surface area contributed by atoms with Crippen LogP contribution in [0.5, 0.6) is 0 Å². The summed E-state index contributed by atoms with van der Waals surface area (Å²) in [4.78, 5) is 8.32. The van der Waals surface area contributed by atoms with Gasteiger partial charge in [0.15, 0.2) is 5.65 Å². The Morgan fingerprint density at radius 1 is 1.45 bits per heavy atom. The molecule has 11 heavy (non-hydrogen) atoms. The number of rotatable bonds is 0. The van der Waals surface area contributed by atoms with E-state index < -0.39 is 0 Å². The van der Waals surface area contributed by atoms with Crippen LogP contribution in [0.1, 0.15) is 5.69 Å². The summed E-state index contributed by atoms with van der Waals surface area (Å²) in [6, 6.07) is 8.80. The molecule has 0 aliphatic rings. The van der Waals surface area contributed by atoms with E-state index in [1.165, 1.54) is 0 Å². The molecule has 2 heteroatoms. The van der Waals surface area contributed by atoms with Gasteiger partial charge in [-0.25, -0.2) is 9.97 Å². The van der Waals surface area contributed by atoms with Gasteiger partial charge in [0.1, 0.15) is 0 Å². The van der Waals surface area contributed by atoms with Crippen LogP contribution in [0.15, 0.2) is 24.4 Å². The molecule has 0 saturated heterocycles. The molecule has 0 spiro atoms. The Morgan fingerprint density at radius 3 is 3.27 bits per heavy atom. The normalized spacial score (nSPS) is 10.3. The Labute approximate surface area is 64.9 Å². The molecular weight excluding hydrogens is 136 g/mol.